The van der Waals surface area contributed by atoms with Crippen LogP contribution in [-0.2, 0) is 0 Å². The lowest BCUT2D eigenvalue weighted by Crippen LogP contribution is -2.29. The van der Waals surface area contributed by atoms with Gasteiger partial charge in [0, 0.05) is 25.7 Å². The Morgan fingerprint density at radius 3 is 2.54 bits per heavy atom. The van der Waals surface area contributed by atoms with Crippen molar-refractivity contribution in [3.05, 3.63) is 71.3 Å². The predicted octanol–water partition coefficient (Wildman–Crippen LogP) is 5.77. The Kier molecular flexibility index (Phi) is 8.60. The zero-order valence-corrected chi connectivity index (χ0v) is 16.8. The molecule has 0 saturated heterocycles. The molecular formula is C24H34N2. The van der Waals surface area contributed by atoms with Crippen LogP contribution in [0.25, 0.3) is 10.8 Å². The molecule has 2 rings (SSSR count). The van der Waals surface area contributed by atoms with Gasteiger partial charge in [-0.2, -0.15) is 0 Å². The first kappa shape index (κ1) is 20.4. The van der Waals surface area contributed by atoms with Gasteiger partial charge in [0.05, 0.1) is 0 Å². The Hall–Kier alpha value is -1.90. The molecule has 0 aliphatic carbocycles. The molecule has 140 valence electrons. The molecular weight excluding hydrogens is 316 g/mol. The lowest BCUT2D eigenvalue weighted by atomic mass is 10.00. The van der Waals surface area contributed by atoms with Crippen molar-refractivity contribution in [2.45, 2.75) is 46.6 Å². The maximum atomic E-state index is 3.63. The van der Waals surface area contributed by atoms with Crippen LogP contribution >= 0.6 is 0 Å². The van der Waals surface area contributed by atoms with Crippen LogP contribution in [0.4, 0.5) is 0 Å². The highest BCUT2D eigenvalue weighted by atomic mass is 15.0. The lowest BCUT2D eigenvalue weighted by Gasteiger charge is -2.16. The van der Waals surface area contributed by atoms with E-state index in [0.717, 1.165) is 32.5 Å². The zero-order valence-electron chi connectivity index (χ0n) is 16.8. The topological polar surface area (TPSA) is 24.1 Å². The molecule has 0 saturated carbocycles. The minimum atomic E-state index is 0.351. The van der Waals surface area contributed by atoms with Crippen molar-refractivity contribution < 1.29 is 0 Å². The van der Waals surface area contributed by atoms with Crippen LogP contribution in [0.1, 0.15) is 52.1 Å². The van der Waals surface area contributed by atoms with Crippen molar-refractivity contribution in [1.82, 2.24) is 10.6 Å². The van der Waals surface area contributed by atoms with Gasteiger partial charge in [-0.15, -0.1) is 0 Å². The van der Waals surface area contributed by atoms with E-state index in [9.17, 15) is 0 Å². The lowest BCUT2D eigenvalue weighted by molar-refractivity contribution is 0.558. The van der Waals surface area contributed by atoms with E-state index >= 15 is 0 Å². The van der Waals surface area contributed by atoms with Gasteiger partial charge >= 0.3 is 0 Å². The molecule has 1 atom stereocenters. The van der Waals surface area contributed by atoms with Gasteiger partial charge in [-0.1, -0.05) is 65.8 Å². The third-order valence-electron chi connectivity index (χ3n) is 4.73. The van der Waals surface area contributed by atoms with Crippen LogP contribution in [0, 0.1) is 0 Å². The highest BCUT2D eigenvalue weighted by Crippen LogP contribution is 2.23. The standard InChI is InChI=1S/C24H34N2/c1-19(2)9-7-10-20(3)15-16-25-17-18-26-21(4)23-14-8-12-22-11-5-6-13-24(22)23/h5-6,8-9,11-15,21,25-26H,7,10,16-18H2,1-4H3/b20-15+. The summed E-state index contributed by atoms with van der Waals surface area (Å²) >= 11 is 0. The summed E-state index contributed by atoms with van der Waals surface area (Å²) in [5.74, 6) is 0. The second kappa shape index (κ2) is 10.9. The second-order valence-corrected chi connectivity index (χ2v) is 7.32. The quantitative estimate of drug-likeness (QED) is 0.420. The molecule has 0 bridgehead atoms. The average molecular weight is 351 g/mol. The maximum Gasteiger partial charge on any atom is 0.0298 e. The normalized spacial score (nSPS) is 13.0. The first-order valence-corrected chi connectivity index (χ1v) is 9.78. The number of nitrogens with one attached hydrogen (secondary N) is 2. The number of hydrogen-bond acceptors (Lipinski definition) is 2. The molecule has 0 heterocycles. The van der Waals surface area contributed by atoms with E-state index in [1.165, 1.54) is 27.5 Å². The fraction of sp³-hybridized carbons (Fsp3) is 0.417. The van der Waals surface area contributed by atoms with E-state index in [4.69, 9.17) is 0 Å². The third-order valence-corrected chi connectivity index (χ3v) is 4.73. The van der Waals surface area contributed by atoms with Crippen LogP contribution in [0.15, 0.2) is 65.8 Å². The van der Waals surface area contributed by atoms with E-state index in [1.54, 1.807) is 0 Å². The van der Waals surface area contributed by atoms with Gasteiger partial charge in [-0.05, 0) is 56.9 Å². The molecule has 2 aromatic carbocycles. The first-order valence-electron chi connectivity index (χ1n) is 9.78. The van der Waals surface area contributed by atoms with E-state index < -0.39 is 0 Å². The molecule has 0 fully saturated rings. The highest BCUT2D eigenvalue weighted by Gasteiger charge is 2.07. The third kappa shape index (κ3) is 6.78. The molecule has 0 amide bonds. The molecule has 2 aromatic rings. The van der Waals surface area contributed by atoms with Gasteiger partial charge in [-0.3, -0.25) is 0 Å². The number of fused-ring (bicyclic) bond motifs is 1. The predicted molar refractivity (Wildman–Crippen MR) is 116 cm³/mol. The fourth-order valence-corrected chi connectivity index (χ4v) is 3.15. The Balaban J connectivity index is 1.70. The Morgan fingerprint density at radius 2 is 1.73 bits per heavy atom. The van der Waals surface area contributed by atoms with Crippen molar-refractivity contribution in [2.75, 3.05) is 19.6 Å². The summed E-state index contributed by atoms with van der Waals surface area (Å²) in [5.41, 5.74) is 4.24. The number of hydrogen-bond donors (Lipinski definition) is 2. The van der Waals surface area contributed by atoms with Crippen LogP contribution in [0.5, 0.6) is 0 Å². The molecule has 2 heteroatoms. The molecule has 0 spiro atoms. The number of allylic oxidation sites excluding steroid dienone is 3. The van der Waals surface area contributed by atoms with Crippen molar-refractivity contribution in [2.24, 2.45) is 0 Å². The molecule has 0 radical (unpaired) electrons. The minimum Gasteiger partial charge on any atom is -0.312 e. The second-order valence-electron chi connectivity index (χ2n) is 7.32. The van der Waals surface area contributed by atoms with Crippen molar-refractivity contribution in [3.63, 3.8) is 0 Å². The summed E-state index contributed by atoms with van der Waals surface area (Å²) < 4.78 is 0. The van der Waals surface area contributed by atoms with Gasteiger partial charge < -0.3 is 10.6 Å². The maximum absolute atomic E-state index is 3.63. The Labute approximate surface area is 159 Å². The molecule has 0 aliphatic heterocycles. The Bertz CT molecular complexity index is 733. The summed E-state index contributed by atoms with van der Waals surface area (Å²) in [6, 6.07) is 15.5. The molecule has 0 aliphatic rings. The van der Waals surface area contributed by atoms with Gasteiger partial charge in [0.1, 0.15) is 0 Å². The van der Waals surface area contributed by atoms with E-state index in [2.05, 4.69) is 92.9 Å². The minimum absolute atomic E-state index is 0.351. The smallest absolute Gasteiger partial charge is 0.0298 e. The van der Waals surface area contributed by atoms with Gasteiger partial charge in [0.25, 0.3) is 0 Å². The fourth-order valence-electron chi connectivity index (χ4n) is 3.15. The van der Waals surface area contributed by atoms with E-state index in [1.807, 2.05) is 0 Å². The van der Waals surface area contributed by atoms with Gasteiger partial charge in [0.15, 0.2) is 0 Å². The van der Waals surface area contributed by atoms with E-state index in [0.29, 0.717) is 6.04 Å². The van der Waals surface area contributed by atoms with Crippen molar-refractivity contribution in [3.8, 4) is 0 Å². The summed E-state index contributed by atoms with van der Waals surface area (Å²) in [7, 11) is 0. The number of benzene rings is 2. The Morgan fingerprint density at radius 1 is 0.962 bits per heavy atom. The van der Waals surface area contributed by atoms with Crippen LogP contribution < -0.4 is 10.6 Å². The number of rotatable bonds is 10. The molecule has 2 nitrogen and oxygen atoms in total. The van der Waals surface area contributed by atoms with E-state index in [-0.39, 0.29) is 0 Å². The van der Waals surface area contributed by atoms with Crippen LogP contribution in [0.3, 0.4) is 0 Å². The van der Waals surface area contributed by atoms with Crippen LogP contribution in [-0.4, -0.2) is 19.6 Å². The summed E-state index contributed by atoms with van der Waals surface area (Å²) in [6.07, 6.45) is 6.92. The van der Waals surface area contributed by atoms with Gasteiger partial charge in [0.2, 0.25) is 0 Å². The summed E-state index contributed by atoms with van der Waals surface area (Å²) in [4.78, 5) is 0. The average Bonchev–Trinajstić information content (AvgIpc) is 2.63. The van der Waals surface area contributed by atoms with Crippen molar-refractivity contribution in [1.29, 1.82) is 0 Å². The molecule has 1 unspecified atom stereocenters. The molecule has 26 heavy (non-hydrogen) atoms. The largest absolute Gasteiger partial charge is 0.312 e. The van der Waals surface area contributed by atoms with Crippen molar-refractivity contribution >= 4 is 10.8 Å². The van der Waals surface area contributed by atoms with Crippen LogP contribution in [0.2, 0.25) is 0 Å². The highest BCUT2D eigenvalue weighted by molar-refractivity contribution is 5.86. The van der Waals surface area contributed by atoms with Gasteiger partial charge in [-0.25, -0.2) is 0 Å². The zero-order chi connectivity index (χ0) is 18.8. The molecule has 2 N–H and O–H groups in total. The summed E-state index contributed by atoms with van der Waals surface area (Å²) in [5, 5.41) is 9.80. The monoisotopic (exact) mass is 350 g/mol. The summed E-state index contributed by atoms with van der Waals surface area (Å²) in [6.45, 7) is 11.7. The first-order chi connectivity index (χ1) is 12.6. The SMILES string of the molecule is CC(C)=CCC/C(C)=C/CNCCNC(C)c1cccc2ccccc12. The molecule has 0 aromatic heterocycles.